The van der Waals surface area contributed by atoms with E-state index < -0.39 is 13.1 Å². The van der Waals surface area contributed by atoms with Gasteiger partial charge in [0.25, 0.3) is 0 Å². The molecule has 0 bridgehead atoms. The van der Waals surface area contributed by atoms with Gasteiger partial charge in [0.05, 0.1) is 0 Å². The van der Waals surface area contributed by atoms with Gasteiger partial charge in [-0.1, -0.05) is 73.7 Å². The fraction of sp³-hybridized carbons (Fsp3) is 0.200. The molecule has 2 unspecified atom stereocenters. The summed E-state index contributed by atoms with van der Waals surface area (Å²) in [6.45, 7) is 3.64. The minimum Gasteiger partial charge on any atom is -0.192 e. The normalized spacial score (nSPS) is 24.3. The maximum atomic E-state index is 10.0. The van der Waals surface area contributed by atoms with Crippen molar-refractivity contribution in [1.29, 1.82) is 0 Å². The molecule has 4 heteroatoms. The predicted octanol–water partition coefficient (Wildman–Crippen LogP) is 4.30. The highest BCUT2D eigenvalue weighted by atomic mass is 31.2. The quantitative estimate of drug-likeness (QED) is 0.730. The maximum Gasteiger partial charge on any atom is 0.414 e. The van der Waals surface area contributed by atoms with Crippen molar-refractivity contribution in [2.45, 2.75) is 19.0 Å². The van der Waals surface area contributed by atoms with Gasteiger partial charge < -0.3 is 0 Å². The third-order valence-electron chi connectivity index (χ3n) is 5.00. The van der Waals surface area contributed by atoms with E-state index in [-0.39, 0.29) is 5.92 Å². The molecule has 0 heterocycles. The zero-order chi connectivity index (χ0) is 17.4. The maximum absolute atomic E-state index is 10.0. The number of hydrogen-bond donors (Lipinski definition) is 3. The lowest BCUT2D eigenvalue weighted by molar-refractivity contribution is 0.288. The van der Waals surface area contributed by atoms with E-state index >= 15 is 0 Å². The highest BCUT2D eigenvalue weighted by molar-refractivity contribution is 7.60. The van der Waals surface area contributed by atoms with E-state index in [0.29, 0.717) is 0 Å². The Labute approximate surface area is 143 Å². The molecular weight excluding hydrogens is 319 g/mol. The molecule has 3 nitrogen and oxygen atoms in total. The fourth-order valence-corrected chi connectivity index (χ4v) is 4.19. The summed E-state index contributed by atoms with van der Waals surface area (Å²) in [5.74, 6) is -0.256. The molecule has 3 N–H and O–H groups in total. The lowest BCUT2D eigenvalue weighted by Gasteiger charge is -2.37. The van der Waals surface area contributed by atoms with Crippen LogP contribution in [0, 0.1) is 5.92 Å². The predicted molar refractivity (Wildman–Crippen MR) is 100.0 cm³/mol. The Hall–Kier alpha value is -1.77. The molecule has 0 amide bonds. The molecule has 1 aliphatic rings. The van der Waals surface area contributed by atoms with E-state index in [1.807, 2.05) is 73.7 Å². The smallest absolute Gasteiger partial charge is 0.192 e. The van der Waals surface area contributed by atoms with Gasteiger partial charge in [0, 0.05) is 5.92 Å². The summed E-state index contributed by atoms with van der Waals surface area (Å²) in [6, 6.07) is 19.9. The topological polar surface area (TPSA) is 60.7 Å². The van der Waals surface area contributed by atoms with Crippen LogP contribution in [0.25, 0.3) is 11.1 Å². The van der Waals surface area contributed by atoms with E-state index in [2.05, 4.69) is 0 Å². The third kappa shape index (κ3) is 2.85. The van der Waals surface area contributed by atoms with Crippen molar-refractivity contribution >= 4 is 19.1 Å². The molecule has 0 aliphatic heterocycles. The summed E-state index contributed by atoms with van der Waals surface area (Å²) in [7, 11) is -4.06. The van der Waals surface area contributed by atoms with Gasteiger partial charge in [0.2, 0.25) is 0 Å². The molecule has 0 aromatic heterocycles. The van der Waals surface area contributed by atoms with Crippen LogP contribution in [0.1, 0.15) is 25.0 Å². The summed E-state index contributed by atoms with van der Waals surface area (Å²) in [4.78, 5) is 30.1. The van der Waals surface area contributed by atoms with Gasteiger partial charge in [-0.25, -0.2) is 0 Å². The van der Waals surface area contributed by atoms with Crippen molar-refractivity contribution in [3.63, 3.8) is 0 Å². The highest BCUT2D eigenvalue weighted by Gasteiger charge is 2.58. The summed E-state index contributed by atoms with van der Waals surface area (Å²) in [5.41, 5.74) is 4.14. The van der Waals surface area contributed by atoms with Gasteiger partial charge in [-0.15, -0.1) is 0 Å². The molecule has 0 radical (unpaired) electrons. The van der Waals surface area contributed by atoms with Crippen LogP contribution in [-0.4, -0.2) is 19.8 Å². The summed E-state index contributed by atoms with van der Waals surface area (Å²) in [5, 5.41) is -1.10. The van der Waals surface area contributed by atoms with Crippen LogP contribution in [0.15, 0.2) is 72.8 Å². The Kier molecular flexibility index (Phi) is 4.46. The molecule has 2 atom stereocenters. The van der Waals surface area contributed by atoms with E-state index in [1.54, 1.807) is 13.0 Å². The number of hydrogen-bond acceptors (Lipinski definition) is 3. The van der Waals surface area contributed by atoms with Crippen LogP contribution in [0.3, 0.4) is 0 Å². The molecule has 24 heavy (non-hydrogen) atoms. The second kappa shape index (κ2) is 6.27. The van der Waals surface area contributed by atoms with Gasteiger partial charge in [-0.05, 0) is 35.3 Å². The zero-order valence-corrected chi connectivity index (χ0v) is 14.7. The van der Waals surface area contributed by atoms with Gasteiger partial charge in [-0.2, -0.15) is 14.7 Å². The first kappa shape index (κ1) is 17.1. The molecule has 1 aliphatic carbocycles. The van der Waals surface area contributed by atoms with Crippen molar-refractivity contribution in [1.82, 2.24) is 0 Å². The third-order valence-corrected chi connectivity index (χ3v) is 6.83. The second-order valence-corrected chi connectivity index (χ2v) is 8.51. The molecular formula is C20H22O3P+. The van der Waals surface area contributed by atoms with Crippen LogP contribution in [0.2, 0.25) is 0 Å². The van der Waals surface area contributed by atoms with Crippen LogP contribution < -0.4 is 0 Å². The Bertz CT molecular complexity index is 776. The van der Waals surface area contributed by atoms with Crippen LogP contribution >= 0.6 is 7.94 Å². The molecule has 0 saturated carbocycles. The Morgan fingerprint density at radius 3 is 1.83 bits per heavy atom. The van der Waals surface area contributed by atoms with Crippen molar-refractivity contribution in [3.8, 4) is 0 Å². The molecule has 124 valence electrons. The Balaban J connectivity index is 2.23. The molecule has 0 saturated heterocycles. The summed E-state index contributed by atoms with van der Waals surface area (Å²) in [6.07, 6.45) is 3.63. The van der Waals surface area contributed by atoms with Crippen molar-refractivity contribution in [3.05, 3.63) is 83.9 Å². The Morgan fingerprint density at radius 2 is 1.33 bits per heavy atom. The van der Waals surface area contributed by atoms with E-state index in [4.69, 9.17) is 0 Å². The van der Waals surface area contributed by atoms with Gasteiger partial charge >= 0.3 is 7.94 Å². The SMILES string of the molecule is CC1C(c2ccccc2)=C(c2ccccc2)C=CC1(C)[P+](O)(O)O. The van der Waals surface area contributed by atoms with Gasteiger partial charge in [0.15, 0.2) is 5.16 Å². The lowest BCUT2D eigenvalue weighted by Crippen LogP contribution is -2.36. The first-order valence-corrected chi connectivity index (χ1v) is 9.61. The highest BCUT2D eigenvalue weighted by Crippen LogP contribution is 2.65. The fourth-order valence-electron chi connectivity index (χ4n) is 3.26. The minimum atomic E-state index is -4.06. The average Bonchev–Trinajstić information content (AvgIpc) is 2.58. The minimum absolute atomic E-state index is 0.256. The summed E-state index contributed by atoms with van der Waals surface area (Å²) >= 11 is 0. The summed E-state index contributed by atoms with van der Waals surface area (Å²) < 4.78 is 0. The van der Waals surface area contributed by atoms with Crippen molar-refractivity contribution in [2.75, 3.05) is 0 Å². The standard InChI is InChI=1S/C20H22O3P/c1-15-19(17-11-7-4-8-12-17)18(16-9-5-3-6-10-16)13-14-20(15,2)24(21,22)23/h3-15,21-23H,1-2H3/q+1. The van der Waals surface area contributed by atoms with Gasteiger partial charge in [0.1, 0.15) is 0 Å². The van der Waals surface area contributed by atoms with E-state index in [1.165, 1.54) is 0 Å². The van der Waals surface area contributed by atoms with Crippen LogP contribution in [-0.2, 0) is 0 Å². The first-order valence-electron chi connectivity index (χ1n) is 7.96. The monoisotopic (exact) mass is 341 g/mol. The number of allylic oxidation sites excluding steroid dienone is 4. The Morgan fingerprint density at radius 1 is 0.833 bits per heavy atom. The molecule has 0 fully saturated rings. The van der Waals surface area contributed by atoms with Crippen LogP contribution in [0.4, 0.5) is 0 Å². The van der Waals surface area contributed by atoms with E-state index in [0.717, 1.165) is 22.3 Å². The van der Waals surface area contributed by atoms with Crippen molar-refractivity contribution in [2.24, 2.45) is 5.92 Å². The first-order chi connectivity index (χ1) is 11.3. The zero-order valence-electron chi connectivity index (χ0n) is 13.8. The molecule has 0 spiro atoms. The molecule has 2 aromatic rings. The van der Waals surface area contributed by atoms with E-state index in [9.17, 15) is 14.7 Å². The molecule has 2 aromatic carbocycles. The van der Waals surface area contributed by atoms with Crippen LogP contribution in [0.5, 0.6) is 0 Å². The largest absolute Gasteiger partial charge is 0.414 e. The second-order valence-electron chi connectivity index (χ2n) is 6.41. The number of benzene rings is 2. The molecule has 3 rings (SSSR count). The van der Waals surface area contributed by atoms with Crippen molar-refractivity contribution < 1.29 is 14.7 Å². The van der Waals surface area contributed by atoms with Gasteiger partial charge in [-0.3, -0.25) is 0 Å². The lowest BCUT2D eigenvalue weighted by atomic mass is 9.76. The average molecular weight is 341 g/mol. The number of rotatable bonds is 3.